The van der Waals surface area contributed by atoms with Crippen LogP contribution in [0.5, 0.6) is 0 Å². The summed E-state index contributed by atoms with van der Waals surface area (Å²) >= 11 is 0. The van der Waals surface area contributed by atoms with Gasteiger partial charge in [-0.25, -0.2) is 0 Å². The summed E-state index contributed by atoms with van der Waals surface area (Å²) in [5, 5.41) is 5.25. The van der Waals surface area contributed by atoms with Crippen LogP contribution in [0.2, 0.25) is 0 Å². The minimum Gasteiger partial charge on any atom is -0.308 e. The number of rotatable bonds is 4. The Kier molecular flexibility index (Phi) is 5.27. The highest BCUT2D eigenvalue weighted by Gasteiger charge is 2.17. The van der Waals surface area contributed by atoms with Crippen LogP contribution >= 0.6 is 0 Å². The Morgan fingerprint density at radius 3 is 1.35 bits per heavy atom. The third-order valence-electron chi connectivity index (χ3n) is 8.94. The Morgan fingerprint density at radius 2 is 0.674 bits per heavy atom. The smallest absolute Gasteiger partial charge is 0.0620 e. The first-order valence-corrected chi connectivity index (χ1v) is 14.9. The Balaban J connectivity index is 1.08. The summed E-state index contributed by atoms with van der Waals surface area (Å²) in [7, 11) is 0. The molecule has 2 aromatic heterocycles. The number of hydrogen-bond acceptors (Lipinski definition) is 0. The van der Waals surface area contributed by atoms with E-state index in [9.17, 15) is 0 Å². The Labute approximate surface area is 250 Å². The van der Waals surface area contributed by atoms with Crippen molar-refractivity contribution in [2.45, 2.75) is 0 Å². The van der Waals surface area contributed by atoms with Crippen molar-refractivity contribution in [3.8, 4) is 44.5 Å². The molecule has 0 saturated heterocycles. The first-order valence-electron chi connectivity index (χ1n) is 14.9. The molecule has 0 radical (unpaired) electrons. The monoisotopic (exact) mass is 545 g/mol. The van der Waals surface area contributed by atoms with Gasteiger partial charge in [0.15, 0.2) is 0 Å². The van der Waals surface area contributed by atoms with Crippen molar-refractivity contribution in [1.29, 1.82) is 0 Å². The van der Waals surface area contributed by atoms with Gasteiger partial charge in [0, 0.05) is 21.5 Å². The summed E-state index contributed by atoms with van der Waals surface area (Å²) in [5.41, 5.74) is 13.7. The van der Waals surface area contributed by atoms with Crippen molar-refractivity contribution in [3.05, 3.63) is 164 Å². The van der Waals surface area contributed by atoms with Crippen LogP contribution in [0.1, 0.15) is 0 Å². The maximum Gasteiger partial charge on any atom is 0.0620 e. The lowest BCUT2D eigenvalue weighted by Crippen LogP contribution is -1.84. The zero-order valence-electron chi connectivity index (χ0n) is 23.5. The second-order valence-corrected chi connectivity index (χ2v) is 11.4. The fourth-order valence-electron chi connectivity index (χ4n) is 6.85. The van der Waals surface area contributed by atoms with Crippen LogP contribution in [0.25, 0.3) is 82.6 Å². The standard InChI is InChI=1S/C42H27N/c1-2-9-28(10-3-1)31-11-6-12-32(25-31)29-19-21-30(22-20-29)33-13-7-14-34(26-33)35-23-24-41-39(27-35)38-17-8-16-37-36-15-4-5-18-40(36)43(41)42(37)38/h1-27H. The quantitative estimate of drug-likeness (QED) is 0.207. The molecule has 0 bridgehead atoms. The highest BCUT2D eigenvalue weighted by Crippen LogP contribution is 2.40. The second kappa shape index (κ2) is 9.44. The van der Waals surface area contributed by atoms with Gasteiger partial charge in [-0.1, -0.05) is 133 Å². The van der Waals surface area contributed by atoms with Gasteiger partial charge in [0.25, 0.3) is 0 Å². The van der Waals surface area contributed by atoms with E-state index in [1.165, 1.54) is 82.6 Å². The van der Waals surface area contributed by atoms with Gasteiger partial charge in [0.05, 0.1) is 16.6 Å². The molecular weight excluding hydrogens is 518 g/mol. The van der Waals surface area contributed by atoms with E-state index >= 15 is 0 Å². The molecule has 0 fully saturated rings. The molecule has 43 heavy (non-hydrogen) atoms. The highest BCUT2D eigenvalue weighted by molar-refractivity contribution is 6.23. The van der Waals surface area contributed by atoms with Crippen molar-refractivity contribution >= 4 is 38.1 Å². The lowest BCUT2D eigenvalue weighted by molar-refractivity contribution is 1.37. The van der Waals surface area contributed by atoms with Crippen LogP contribution in [0, 0.1) is 0 Å². The van der Waals surface area contributed by atoms with Gasteiger partial charge in [-0.3, -0.25) is 0 Å². The van der Waals surface area contributed by atoms with E-state index in [1.807, 2.05) is 0 Å². The Bertz CT molecular complexity index is 2430. The minimum atomic E-state index is 1.22. The third kappa shape index (κ3) is 3.79. The predicted molar refractivity (Wildman–Crippen MR) is 183 cm³/mol. The molecule has 9 rings (SSSR count). The maximum atomic E-state index is 2.44. The molecular formula is C42H27N. The average Bonchev–Trinajstić information content (AvgIpc) is 3.61. The van der Waals surface area contributed by atoms with Crippen molar-refractivity contribution in [2.75, 3.05) is 0 Å². The molecule has 9 aromatic rings. The van der Waals surface area contributed by atoms with Crippen LogP contribution in [0.3, 0.4) is 0 Å². The average molecular weight is 546 g/mol. The number of hydrogen-bond donors (Lipinski definition) is 0. The van der Waals surface area contributed by atoms with Crippen LogP contribution < -0.4 is 0 Å². The zero-order chi connectivity index (χ0) is 28.3. The minimum absolute atomic E-state index is 1.22. The van der Waals surface area contributed by atoms with Crippen molar-refractivity contribution in [3.63, 3.8) is 0 Å². The van der Waals surface area contributed by atoms with Crippen LogP contribution in [-0.2, 0) is 0 Å². The van der Waals surface area contributed by atoms with Gasteiger partial charge in [-0.15, -0.1) is 0 Å². The van der Waals surface area contributed by atoms with Gasteiger partial charge in [0.1, 0.15) is 0 Å². The SMILES string of the molecule is c1ccc(-c2cccc(-c3ccc(-c4cccc(-c5ccc6c(c5)c5cccc7c8ccccc8n6c75)c4)cc3)c2)cc1. The number of nitrogens with zero attached hydrogens (tertiary/aromatic N) is 1. The second-order valence-electron chi connectivity index (χ2n) is 11.4. The normalized spacial score (nSPS) is 11.7. The molecule has 0 amide bonds. The van der Waals surface area contributed by atoms with Crippen molar-refractivity contribution < 1.29 is 0 Å². The summed E-state index contributed by atoms with van der Waals surface area (Å²) in [4.78, 5) is 0. The Morgan fingerprint density at radius 1 is 0.256 bits per heavy atom. The molecule has 0 atom stereocenters. The molecule has 0 N–H and O–H groups in total. The van der Waals surface area contributed by atoms with E-state index in [-0.39, 0.29) is 0 Å². The molecule has 1 nitrogen and oxygen atoms in total. The third-order valence-corrected chi connectivity index (χ3v) is 8.94. The zero-order valence-corrected chi connectivity index (χ0v) is 23.5. The van der Waals surface area contributed by atoms with E-state index in [1.54, 1.807) is 0 Å². The van der Waals surface area contributed by atoms with Gasteiger partial charge in [-0.05, 0) is 74.8 Å². The number of aromatic nitrogens is 1. The molecule has 0 saturated carbocycles. The maximum absolute atomic E-state index is 2.44. The van der Waals surface area contributed by atoms with Gasteiger partial charge >= 0.3 is 0 Å². The summed E-state index contributed by atoms with van der Waals surface area (Å²) in [6.07, 6.45) is 0. The molecule has 7 aromatic carbocycles. The van der Waals surface area contributed by atoms with E-state index in [0.717, 1.165) is 0 Å². The van der Waals surface area contributed by atoms with E-state index in [0.29, 0.717) is 0 Å². The van der Waals surface area contributed by atoms with Crippen molar-refractivity contribution in [2.24, 2.45) is 0 Å². The molecule has 200 valence electrons. The molecule has 2 heterocycles. The fourth-order valence-corrected chi connectivity index (χ4v) is 6.85. The first-order chi connectivity index (χ1) is 21.3. The number of fused-ring (bicyclic) bond motifs is 6. The highest BCUT2D eigenvalue weighted by atomic mass is 14.9. The topological polar surface area (TPSA) is 4.41 Å². The van der Waals surface area contributed by atoms with E-state index in [2.05, 4.69) is 168 Å². The summed E-state index contributed by atoms with van der Waals surface area (Å²) in [5.74, 6) is 0. The largest absolute Gasteiger partial charge is 0.308 e. The molecule has 1 heteroatoms. The van der Waals surface area contributed by atoms with E-state index < -0.39 is 0 Å². The lowest BCUT2D eigenvalue weighted by Gasteiger charge is -2.09. The summed E-state index contributed by atoms with van der Waals surface area (Å²) in [6.45, 7) is 0. The van der Waals surface area contributed by atoms with Crippen LogP contribution in [0.4, 0.5) is 0 Å². The fraction of sp³-hybridized carbons (Fsp3) is 0. The van der Waals surface area contributed by atoms with Gasteiger partial charge in [-0.2, -0.15) is 0 Å². The van der Waals surface area contributed by atoms with E-state index in [4.69, 9.17) is 0 Å². The molecule has 0 unspecified atom stereocenters. The summed E-state index contributed by atoms with van der Waals surface area (Å²) < 4.78 is 2.44. The predicted octanol–water partition coefficient (Wildman–Crippen LogP) is 11.5. The number of benzene rings is 7. The molecule has 0 aliphatic rings. The van der Waals surface area contributed by atoms with Crippen LogP contribution in [-0.4, -0.2) is 4.40 Å². The summed E-state index contributed by atoms with van der Waals surface area (Å²) in [6, 6.07) is 59.6. The first kappa shape index (κ1) is 24.0. The molecule has 0 aliphatic heterocycles. The van der Waals surface area contributed by atoms with Gasteiger partial charge in [0.2, 0.25) is 0 Å². The molecule has 0 aliphatic carbocycles. The van der Waals surface area contributed by atoms with Crippen LogP contribution in [0.15, 0.2) is 164 Å². The molecule has 0 spiro atoms. The van der Waals surface area contributed by atoms with Gasteiger partial charge < -0.3 is 4.40 Å². The Hall–Kier alpha value is -5.66. The number of para-hydroxylation sites is 2. The van der Waals surface area contributed by atoms with Crippen molar-refractivity contribution in [1.82, 2.24) is 4.40 Å². The lowest BCUT2D eigenvalue weighted by atomic mass is 9.95.